The number of hydrogen-bond donors (Lipinski definition) is 1. The Hall–Kier alpha value is -1.78. The van der Waals surface area contributed by atoms with Crippen LogP contribution in [0.5, 0.6) is 0 Å². The number of pyridine rings is 1. The maximum absolute atomic E-state index is 11.0. The summed E-state index contributed by atoms with van der Waals surface area (Å²) >= 11 is 0. The molecule has 0 unspecified atom stereocenters. The number of methoxy groups -OCH3 is 1. The lowest BCUT2D eigenvalue weighted by Gasteiger charge is -2.19. The number of ether oxygens (including phenoxy) is 1. The lowest BCUT2D eigenvalue weighted by molar-refractivity contribution is -0.140. The van der Waals surface area contributed by atoms with Gasteiger partial charge in [0.05, 0.1) is 12.8 Å². The van der Waals surface area contributed by atoms with E-state index in [2.05, 4.69) is 9.72 Å². The number of nitrogens with zero attached hydrogens (tertiary/aromatic N) is 2. The number of carbonyl (C=O) groups excluding carboxylic acids is 1. The van der Waals surface area contributed by atoms with Crippen molar-refractivity contribution in [3.8, 4) is 0 Å². The molecule has 0 saturated heterocycles. The van der Waals surface area contributed by atoms with Crippen molar-refractivity contribution in [2.24, 2.45) is 0 Å². The predicted octanol–water partition coefficient (Wildman–Crippen LogP) is 1.36. The molecule has 0 aromatic carbocycles. The third kappa shape index (κ3) is 3.94. The first kappa shape index (κ1) is 13.3. The molecule has 1 rings (SSSR count). The Balaban J connectivity index is 2.52. The number of nitrogen functional groups attached to an aromatic ring is 1. The maximum Gasteiger partial charge on any atom is 0.305 e. The molecule has 0 amide bonds. The molecule has 0 fully saturated rings. The maximum atomic E-state index is 11.0. The molecule has 0 aliphatic heterocycles. The van der Waals surface area contributed by atoms with Crippen molar-refractivity contribution in [1.29, 1.82) is 0 Å². The van der Waals surface area contributed by atoms with Crippen molar-refractivity contribution in [1.82, 2.24) is 4.98 Å². The summed E-state index contributed by atoms with van der Waals surface area (Å²) in [5, 5.41) is 0. The van der Waals surface area contributed by atoms with Gasteiger partial charge >= 0.3 is 5.97 Å². The normalized spacial score (nSPS) is 10.1. The Bertz CT molecular complexity index is 393. The van der Waals surface area contributed by atoms with Gasteiger partial charge in [0.2, 0.25) is 0 Å². The lowest BCUT2D eigenvalue weighted by atomic mass is 10.2. The van der Waals surface area contributed by atoms with E-state index >= 15 is 0 Å². The Labute approximate surface area is 102 Å². The molecule has 1 aromatic rings. The summed E-state index contributed by atoms with van der Waals surface area (Å²) in [6, 6.07) is 1.89. The summed E-state index contributed by atoms with van der Waals surface area (Å²) in [5.41, 5.74) is 7.58. The molecule has 1 aromatic heterocycles. The van der Waals surface area contributed by atoms with E-state index in [9.17, 15) is 4.79 Å². The molecule has 0 aliphatic carbocycles. The molecule has 0 spiro atoms. The minimum Gasteiger partial charge on any atom is -0.469 e. The molecular weight excluding hydrogens is 218 g/mol. The second-order valence-corrected chi connectivity index (χ2v) is 4.03. The number of hydrogen-bond acceptors (Lipinski definition) is 5. The summed E-state index contributed by atoms with van der Waals surface area (Å²) in [7, 11) is 3.30. The van der Waals surface area contributed by atoms with Crippen LogP contribution in [0.2, 0.25) is 0 Å². The van der Waals surface area contributed by atoms with Gasteiger partial charge in [-0.2, -0.15) is 0 Å². The van der Waals surface area contributed by atoms with Crippen LogP contribution < -0.4 is 10.6 Å². The van der Waals surface area contributed by atoms with Crippen LogP contribution in [0.25, 0.3) is 0 Å². The van der Waals surface area contributed by atoms with E-state index < -0.39 is 0 Å². The predicted molar refractivity (Wildman–Crippen MR) is 67.9 cm³/mol. The third-order valence-corrected chi connectivity index (χ3v) is 2.50. The second kappa shape index (κ2) is 6.08. The number of aryl methyl sites for hydroxylation is 1. The third-order valence-electron chi connectivity index (χ3n) is 2.50. The molecule has 2 N–H and O–H groups in total. The quantitative estimate of drug-likeness (QED) is 0.783. The molecule has 0 bridgehead atoms. The first-order valence-corrected chi connectivity index (χ1v) is 5.54. The van der Waals surface area contributed by atoms with Gasteiger partial charge in [-0.05, 0) is 25.0 Å². The topological polar surface area (TPSA) is 68.5 Å². The van der Waals surface area contributed by atoms with Gasteiger partial charge in [-0.15, -0.1) is 0 Å². The van der Waals surface area contributed by atoms with E-state index in [0.29, 0.717) is 12.1 Å². The lowest BCUT2D eigenvalue weighted by Crippen LogP contribution is -2.21. The van der Waals surface area contributed by atoms with Gasteiger partial charge in [0.1, 0.15) is 0 Å². The summed E-state index contributed by atoms with van der Waals surface area (Å²) in [4.78, 5) is 17.2. The molecule has 0 aliphatic rings. The largest absolute Gasteiger partial charge is 0.469 e. The summed E-state index contributed by atoms with van der Waals surface area (Å²) < 4.78 is 4.58. The number of carbonyl (C=O) groups is 1. The van der Waals surface area contributed by atoms with Crippen LogP contribution in [0.4, 0.5) is 11.5 Å². The van der Waals surface area contributed by atoms with Crippen molar-refractivity contribution in [3.63, 3.8) is 0 Å². The molecular formula is C12H19N3O2. The van der Waals surface area contributed by atoms with Crippen LogP contribution in [-0.2, 0) is 9.53 Å². The molecule has 5 nitrogen and oxygen atoms in total. The molecule has 1 heterocycles. The van der Waals surface area contributed by atoms with Crippen molar-refractivity contribution < 1.29 is 9.53 Å². The van der Waals surface area contributed by atoms with Crippen LogP contribution in [0.3, 0.4) is 0 Å². The van der Waals surface area contributed by atoms with Crippen molar-refractivity contribution in [3.05, 3.63) is 17.8 Å². The van der Waals surface area contributed by atoms with E-state index in [1.54, 1.807) is 6.20 Å². The summed E-state index contributed by atoms with van der Waals surface area (Å²) in [5.74, 6) is 0.559. The highest BCUT2D eigenvalue weighted by Gasteiger charge is 2.08. The zero-order valence-corrected chi connectivity index (χ0v) is 10.6. The number of aromatic nitrogens is 1. The van der Waals surface area contributed by atoms with E-state index in [4.69, 9.17) is 5.73 Å². The van der Waals surface area contributed by atoms with Crippen molar-refractivity contribution in [2.45, 2.75) is 19.8 Å². The number of anilines is 2. The Morgan fingerprint density at radius 1 is 1.59 bits per heavy atom. The minimum absolute atomic E-state index is 0.191. The fourth-order valence-electron chi connectivity index (χ4n) is 1.57. The van der Waals surface area contributed by atoms with Gasteiger partial charge in [0.25, 0.3) is 0 Å². The monoisotopic (exact) mass is 237 g/mol. The average Bonchev–Trinajstić information content (AvgIpc) is 2.28. The Morgan fingerprint density at radius 2 is 2.29 bits per heavy atom. The molecule has 17 heavy (non-hydrogen) atoms. The SMILES string of the molecule is COC(=O)CCCN(C)c1ncc(C)cc1N. The Kier molecular flexibility index (Phi) is 4.75. The van der Waals surface area contributed by atoms with Crippen LogP contribution in [0.1, 0.15) is 18.4 Å². The standard InChI is InChI=1S/C12H19N3O2/c1-9-7-10(13)12(14-8-9)15(2)6-4-5-11(16)17-3/h7-8H,4-6,13H2,1-3H3. The van der Waals surface area contributed by atoms with Crippen LogP contribution in [0.15, 0.2) is 12.3 Å². The zero-order valence-electron chi connectivity index (χ0n) is 10.6. The van der Waals surface area contributed by atoms with Gasteiger partial charge < -0.3 is 15.4 Å². The first-order valence-electron chi connectivity index (χ1n) is 5.54. The van der Waals surface area contributed by atoms with Gasteiger partial charge in [-0.3, -0.25) is 4.79 Å². The Morgan fingerprint density at radius 3 is 2.88 bits per heavy atom. The van der Waals surface area contributed by atoms with Gasteiger partial charge in [-0.1, -0.05) is 0 Å². The van der Waals surface area contributed by atoms with Crippen molar-refractivity contribution in [2.75, 3.05) is 31.3 Å². The first-order chi connectivity index (χ1) is 8.04. The highest BCUT2D eigenvalue weighted by molar-refractivity contribution is 5.69. The van der Waals surface area contributed by atoms with Crippen LogP contribution in [-0.4, -0.2) is 31.7 Å². The van der Waals surface area contributed by atoms with Gasteiger partial charge in [0, 0.05) is 26.2 Å². The highest BCUT2D eigenvalue weighted by atomic mass is 16.5. The smallest absolute Gasteiger partial charge is 0.305 e. The molecule has 0 atom stereocenters. The average molecular weight is 237 g/mol. The fraction of sp³-hybridized carbons (Fsp3) is 0.500. The molecule has 0 radical (unpaired) electrons. The fourth-order valence-corrected chi connectivity index (χ4v) is 1.57. The number of esters is 1. The number of rotatable bonds is 5. The van der Waals surface area contributed by atoms with Crippen molar-refractivity contribution >= 4 is 17.5 Å². The highest BCUT2D eigenvalue weighted by Crippen LogP contribution is 2.19. The van der Waals surface area contributed by atoms with Crippen LogP contribution >= 0.6 is 0 Å². The zero-order chi connectivity index (χ0) is 12.8. The van der Waals surface area contributed by atoms with E-state index in [-0.39, 0.29) is 5.97 Å². The van der Waals surface area contributed by atoms with E-state index in [1.807, 2.05) is 24.9 Å². The molecule has 0 saturated carbocycles. The van der Waals surface area contributed by atoms with E-state index in [1.165, 1.54) is 7.11 Å². The minimum atomic E-state index is -0.191. The number of nitrogens with two attached hydrogens (primary N) is 1. The summed E-state index contributed by atoms with van der Waals surface area (Å²) in [6.07, 6.45) is 2.91. The second-order valence-electron chi connectivity index (χ2n) is 4.03. The molecule has 5 heteroatoms. The summed E-state index contributed by atoms with van der Waals surface area (Å²) in [6.45, 7) is 2.67. The van der Waals surface area contributed by atoms with Gasteiger partial charge in [-0.25, -0.2) is 4.98 Å². The van der Waals surface area contributed by atoms with Gasteiger partial charge in [0.15, 0.2) is 5.82 Å². The van der Waals surface area contributed by atoms with Crippen LogP contribution in [0, 0.1) is 6.92 Å². The molecule has 94 valence electrons. The van der Waals surface area contributed by atoms with E-state index in [0.717, 1.165) is 24.3 Å².